The van der Waals surface area contributed by atoms with Crippen molar-refractivity contribution < 1.29 is 14.6 Å². The Kier molecular flexibility index (Phi) is 6.16. The number of carbonyl (C=O) groups is 1. The number of aliphatic hydroxyl groups excluding tert-OH is 1. The van der Waals surface area contributed by atoms with E-state index in [2.05, 4.69) is 0 Å². The largest absolute Gasteiger partial charge is 0.392 e. The summed E-state index contributed by atoms with van der Waals surface area (Å²) in [5.41, 5.74) is 5.11. The molecule has 0 heterocycles. The SMILES string of the molecule is COCC(O)CN(C)C(=O)C1(C(N)=S)CCCCC1. The Bertz CT molecular complexity index is 330. The van der Waals surface area contributed by atoms with Crippen LogP contribution in [0.2, 0.25) is 0 Å². The molecule has 0 spiro atoms. The summed E-state index contributed by atoms with van der Waals surface area (Å²) in [6.07, 6.45) is 3.80. The van der Waals surface area contributed by atoms with Gasteiger partial charge in [0, 0.05) is 20.7 Å². The first kappa shape index (κ1) is 16.3. The summed E-state index contributed by atoms with van der Waals surface area (Å²) in [4.78, 5) is 14.4. The number of carbonyl (C=O) groups excluding carboxylic acids is 1. The molecule has 0 bridgehead atoms. The van der Waals surface area contributed by atoms with Crippen LogP contribution in [0.25, 0.3) is 0 Å². The predicted molar refractivity (Wildman–Crippen MR) is 77.8 cm³/mol. The van der Waals surface area contributed by atoms with Gasteiger partial charge in [-0.25, -0.2) is 0 Å². The Balaban J connectivity index is 2.74. The summed E-state index contributed by atoms with van der Waals surface area (Å²) in [5.74, 6) is -0.0742. The number of nitrogens with zero attached hydrogens (tertiary/aromatic N) is 1. The molecule has 1 saturated carbocycles. The molecule has 0 radical (unpaired) electrons. The Hall–Kier alpha value is -0.720. The van der Waals surface area contributed by atoms with Gasteiger partial charge in [-0.1, -0.05) is 31.5 Å². The molecule has 19 heavy (non-hydrogen) atoms. The number of hydrogen-bond donors (Lipinski definition) is 2. The zero-order chi connectivity index (χ0) is 14.5. The Labute approximate surface area is 120 Å². The number of amides is 1. The fraction of sp³-hybridized carbons (Fsp3) is 0.846. The quantitative estimate of drug-likeness (QED) is 0.703. The molecule has 0 aromatic carbocycles. The molecule has 5 nitrogen and oxygen atoms in total. The number of methoxy groups -OCH3 is 1. The van der Waals surface area contributed by atoms with Gasteiger partial charge in [0.1, 0.15) is 0 Å². The van der Waals surface area contributed by atoms with Crippen molar-refractivity contribution in [1.82, 2.24) is 4.90 Å². The lowest BCUT2D eigenvalue weighted by Gasteiger charge is -2.38. The molecule has 0 aromatic heterocycles. The number of likely N-dealkylation sites (N-methyl/N-ethyl adjacent to an activating group) is 1. The summed E-state index contributed by atoms with van der Waals surface area (Å²) < 4.78 is 4.86. The standard InChI is InChI=1S/C13H24N2O3S/c1-15(8-10(16)9-18-2)12(17)13(11(14)19)6-4-3-5-7-13/h10,16H,3-9H2,1-2H3,(H2,14,19). The van der Waals surface area contributed by atoms with Crippen LogP contribution in [-0.4, -0.2) is 54.3 Å². The summed E-state index contributed by atoms with van der Waals surface area (Å²) in [5, 5.41) is 9.71. The number of hydrogen-bond acceptors (Lipinski definition) is 4. The molecule has 1 amide bonds. The average molecular weight is 288 g/mol. The van der Waals surface area contributed by atoms with Crippen molar-refractivity contribution in [3.8, 4) is 0 Å². The molecule has 1 aliphatic rings. The van der Waals surface area contributed by atoms with Crippen molar-refractivity contribution in [2.75, 3.05) is 27.3 Å². The fourth-order valence-electron chi connectivity index (χ4n) is 2.73. The van der Waals surface area contributed by atoms with Crippen LogP contribution >= 0.6 is 12.2 Å². The number of rotatable bonds is 6. The summed E-state index contributed by atoms with van der Waals surface area (Å²) in [6, 6.07) is 0. The third-order valence-electron chi connectivity index (χ3n) is 3.78. The van der Waals surface area contributed by atoms with E-state index >= 15 is 0 Å². The van der Waals surface area contributed by atoms with Crippen LogP contribution in [0.4, 0.5) is 0 Å². The minimum absolute atomic E-state index is 0.0742. The third kappa shape index (κ3) is 3.87. The highest BCUT2D eigenvalue weighted by molar-refractivity contribution is 7.80. The lowest BCUT2D eigenvalue weighted by Crippen LogP contribution is -2.52. The molecule has 6 heteroatoms. The predicted octanol–water partition coefficient (Wildman–Crippen LogP) is 0.689. The second kappa shape index (κ2) is 7.17. The first-order valence-electron chi connectivity index (χ1n) is 6.66. The Morgan fingerprint density at radius 2 is 2.05 bits per heavy atom. The second-order valence-corrected chi connectivity index (χ2v) is 5.74. The monoisotopic (exact) mass is 288 g/mol. The topological polar surface area (TPSA) is 75.8 Å². The zero-order valence-electron chi connectivity index (χ0n) is 11.7. The van der Waals surface area contributed by atoms with Crippen LogP contribution in [0.3, 0.4) is 0 Å². The molecular weight excluding hydrogens is 264 g/mol. The highest BCUT2D eigenvalue weighted by atomic mass is 32.1. The van der Waals surface area contributed by atoms with Crippen molar-refractivity contribution in [2.45, 2.75) is 38.2 Å². The van der Waals surface area contributed by atoms with E-state index in [-0.39, 0.29) is 24.0 Å². The normalized spacial score (nSPS) is 19.7. The van der Waals surface area contributed by atoms with Crippen LogP contribution in [0.15, 0.2) is 0 Å². The van der Waals surface area contributed by atoms with Gasteiger partial charge in [0.15, 0.2) is 0 Å². The van der Waals surface area contributed by atoms with Gasteiger partial charge in [-0.2, -0.15) is 0 Å². The lowest BCUT2D eigenvalue weighted by atomic mass is 9.73. The minimum Gasteiger partial charge on any atom is -0.392 e. The molecule has 1 rings (SSSR count). The maximum Gasteiger partial charge on any atom is 0.235 e. The van der Waals surface area contributed by atoms with E-state index in [4.69, 9.17) is 22.7 Å². The molecular formula is C13H24N2O3S. The Morgan fingerprint density at radius 3 is 2.53 bits per heavy atom. The smallest absolute Gasteiger partial charge is 0.235 e. The van der Waals surface area contributed by atoms with E-state index in [1.165, 1.54) is 12.0 Å². The zero-order valence-corrected chi connectivity index (χ0v) is 12.5. The number of nitrogens with two attached hydrogens (primary N) is 1. The number of ether oxygens (including phenoxy) is 1. The molecule has 3 N–H and O–H groups in total. The number of thiocarbonyl (C=S) groups is 1. The van der Waals surface area contributed by atoms with E-state index in [1.54, 1.807) is 7.05 Å². The van der Waals surface area contributed by atoms with Crippen molar-refractivity contribution in [3.05, 3.63) is 0 Å². The maximum atomic E-state index is 12.6. The van der Waals surface area contributed by atoms with E-state index < -0.39 is 11.5 Å². The van der Waals surface area contributed by atoms with Gasteiger partial charge in [-0.15, -0.1) is 0 Å². The van der Waals surface area contributed by atoms with Crippen molar-refractivity contribution in [3.63, 3.8) is 0 Å². The van der Waals surface area contributed by atoms with Crippen LogP contribution in [0.1, 0.15) is 32.1 Å². The molecule has 1 atom stereocenters. The van der Waals surface area contributed by atoms with Gasteiger partial charge in [0.25, 0.3) is 0 Å². The fourth-order valence-corrected chi connectivity index (χ4v) is 3.02. The molecule has 1 fully saturated rings. The van der Waals surface area contributed by atoms with Gasteiger partial charge < -0.3 is 20.5 Å². The third-order valence-corrected chi connectivity index (χ3v) is 4.17. The van der Waals surface area contributed by atoms with Gasteiger partial charge in [-0.05, 0) is 12.8 Å². The van der Waals surface area contributed by atoms with Crippen LogP contribution in [-0.2, 0) is 9.53 Å². The van der Waals surface area contributed by atoms with E-state index in [0.29, 0.717) is 12.8 Å². The summed E-state index contributed by atoms with van der Waals surface area (Å²) >= 11 is 5.13. The highest BCUT2D eigenvalue weighted by Crippen LogP contribution is 2.38. The molecule has 1 aliphatic carbocycles. The summed E-state index contributed by atoms with van der Waals surface area (Å²) in [6.45, 7) is 0.439. The first-order chi connectivity index (χ1) is 8.94. The molecule has 0 aromatic rings. The van der Waals surface area contributed by atoms with Gasteiger partial charge in [0.05, 0.1) is 23.1 Å². The lowest BCUT2D eigenvalue weighted by molar-refractivity contribution is -0.140. The van der Waals surface area contributed by atoms with Crippen LogP contribution in [0.5, 0.6) is 0 Å². The summed E-state index contributed by atoms with van der Waals surface area (Å²) in [7, 11) is 3.19. The van der Waals surface area contributed by atoms with E-state index in [9.17, 15) is 9.90 Å². The van der Waals surface area contributed by atoms with Gasteiger partial charge >= 0.3 is 0 Å². The van der Waals surface area contributed by atoms with E-state index in [0.717, 1.165) is 19.3 Å². The minimum atomic E-state index is -0.713. The van der Waals surface area contributed by atoms with Crippen molar-refractivity contribution >= 4 is 23.1 Å². The van der Waals surface area contributed by atoms with Gasteiger partial charge in [0.2, 0.25) is 5.91 Å². The second-order valence-electron chi connectivity index (χ2n) is 5.30. The van der Waals surface area contributed by atoms with E-state index in [1.807, 2.05) is 0 Å². The highest BCUT2D eigenvalue weighted by Gasteiger charge is 2.44. The van der Waals surface area contributed by atoms with Crippen molar-refractivity contribution in [2.24, 2.45) is 11.1 Å². The molecule has 0 aliphatic heterocycles. The number of aliphatic hydroxyl groups is 1. The molecule has 0 saturated heterocycles. The van der Waals surface area contributed by atoms with Crippen LogP contribution < -0.4 is 5.73 Å². The Morgan fingerprint density at radius 1 is 1.47 bits per heavy atom. The first-order valence-corrected chi connectivity index (χ1v) is 7.07. The van der Waals surface area contributed by atoms with Crippen molar-refractivity contribution in [1.29, 1.82) is 0 Å². The average Bonchev–Trinajstić information content (AvgIpc) is 2.38. The molecule has 110 valence electrons. The van der Waals surface area contributed by atoms with Crippen LogP contribution in [0, 0.1) is 5.41 Å². The molecule has 1 unspecified atom stereocenters. The maximum absolute atomic E-state index is 12.6. The van der Waals surface area contributed by atoms with Gasteiger partial charge in [-0.3, -0.25) is 4.79 Å².